The molecule has 0 saturated heterocycles. The first-order valence-electron chi connectivity index (χ1n) is 9.07. The van der Waals surface area contributed by atoms with Gasteiger partial charge in [-0.2, -0.15) is 0 Å². The van der Waals surface area contributed by atoms with Gasteiger partial charge in [0.05, 0.1) is 10.7 Å². The smallest absolute Gasteiger partial charge is 0.270 e. The lowest BCUT2D eigenvalue weighted by atomic mass is 9.84. The molecule has 156 valence electrons. The first kappa shape index (κ1) is 23.0. The highest BCUT2D eigenvalue weighted by molar-refractivity contribution is 8.01. The van der Waals surface area contributed by atoms with E-state index in [2.05, 4.69) is 36.3 Å². The van der Waals surface area contributed by atoms with E-state index in [1.54, 1.807) is 6.07 Å². The van der Waals surface area contributed by atoms with Gasteiger partial charge in [-0.1, -0.05) is 62.9 Å². The molecule has 0 saturated carbocycles. The molecule has 2 aromatic rings. The molecule has 0 unspecified atom stereocenters. The van der Waals surface area contributed by atoms with E-state index in [4.69, 9.17) is 0 Å². The predicted octanol–water partition coefficient (Wildman–Crippen LogP) is 4.82. The molecule has 1 amide bonds. The second-order valence-electron chi connectivity index (χ2n) is 8.01. The Bertz CT molecular complexity index is 892. The Kier molecular flexibility index (Phi) is 7.86. The second kappa shape index (κ2) is 9.93. The minimum Gasteiger partial charge on any atom is -0.300 e. The van der Waals surface area contributed by atoms with E-state index >= 15 is 0 Å². The van der Waals surface area contributed by atoms with Gasteiger partial charge < -0.3 is 5.32 Å². The zero-order valence-electron chi connectivity index (χ0n) is 16.8. The van der Waals surface area contributed by atoms with Crippen LogP contribution in [0.2, 0.25) is 0 Å². The Morgan fingerprint density at radius 2 is 2.03 bits per heavy atom. The SMILES string of the molecule is C[C@@H](CC(=O)Nc1nnc(SCC(=O)c2cccc([N+](=O)[O-])c2)s1)CC(C)(C)C. The molecule has 0 fully saturated rings. The number of amides is 1. The predicted molar refractivity (Wildman–Crippen MR) is 115 cm³/mol. The van der Waals surface area contributed by atoms with Gasteiger partial charge in [0, 0.05) is 24.1 Å². The fourth-order valence-electron chi connectivity index (χ4n) is 2.93. The van der Waals surface area contributed by atoms with E-state index in [-0.39, 0.29) is 40.0 Å². The van der Waals surface area contributed by atoms with Gasteiger partial charge in [-0.25, -0.2) is 0 Å². The molecule has 1 aromatic heterocycles. The van der Waals surface area contributed by atoms with E-state index in [9.17, 15) is 19.7 Å². The number of ketones is 1. The average molecular weight is 437 g/mol. The first-order valence-corrected chi connectivity index (χ1v) is 10.9. The van der Waals surface area contributed by atoms with Gasteiger partial charge in [-0.15, -0.1) is 10.2 Å². The highest BCUT2D eigenvalue weighted by Crippen LogP contribution is 2.28. The van der Waals surface area contributed by atoms with Crippen molar-refractivity contribution in [3.63, 3.8) is 0 Å². The number of nitrogens with zero attached hydrogens (tertiary/aromatic N) is 3. The Morgan fingerprint density at radius 1 is 1.31 bits per heavy atom. The number of carbonyl (C=O) groups is 2. The zero-order valence-corrected chi connectivity index (χ0v) is 18.4. The van der Waals surface area contributed by atoms with Gasteiger partial charge in [0.1, 0.15) is 0 Å². The summed E-state index contributed by atoms with van der Waals surface area (Å²) in [6.45, 7) is 8.48. The molecule has 0 spiro atoms. The van der Waals surface area contributed by atoms with Crippen LogP contribution in [0.15, 0.2) is 28.6 Å². The molecule has 1 atom stereocenters. The van der Waals surface area contributed by atoms with Gasteiger partial charge in [0.15, 0.2) is 10.1 Å². The first-order chi connectivity index (χ1) is 13.5. The molecule has 8 nitrogen and oxygen atoms in total. The lowest BCUT2D eigenvalue weighted by molar-refractivity contribution is -0.384. The molecule has 29 heavy (non-hydrogen) atoms. The maximum Gasteiger partial charge on any atom is 0.270 e. The third-order valence-corrected chi connectivity index (χ3v) is 5.83. The van der Waals surface area contributed by atoms with Gasteiger partial charge in [0.25, 0.3) is 5.69 Å². The Hall–Kier alpha value is -2.33. The van der Waals surface area contributed by atoms with Crippen molar-refractivity contribution in [2.45, 2.75) is 44.9 Å². The number of nitrogens with one attached hydrogen (secondary N) is 1. The van der Waals surface area contributed by atoms with Crippen LogP contribution in [0.25, 0.3) is 0 Å². The van der Waals surface area contributed by atoms with Gasteiger partial charge in [-0.3, -0.25) is 19.7 Å². The number of hydrogen-bond acceptors (Lipinski definition) is 8. The number of nitro groups is 1. The Morgan fingerprint density at radius 3 is 2.69 bits per heavy atom. The summed E-state index contributed by atoms with van der Waals surface area (Å²) in [6, 6.07) is 5.62. The van der Waals surface area contributed by atoms with Crippen molar-refractivity contribution in [1.82, 2.24) is 10.2 Å². The minimum atomic E-state index is -0.536. The molecule has 0 aliphatic rings. The van der Waals surface area contributed by atoms with E-state index in [1.807, 2.05) is 6.92 Å². The quantitative estimate of drug-likeness (QED) is 0.197. The largest absolute Gasteiger partial charge is 0.300 e. The molecule has 10 heteroatoms. The van der Waals surface area contributed by atoms with Crippen LogP contribution >= 0.6 is 23.1 Å². The third kappa shape index (κ3) is 7.90. The van der Waals surface area contributed by atoms with E-state index in [0.717, 1.165) is 6.42 Å². The lowest BCUT2D eigenvalue weighted by Crippen LogP contribution is -2.18. The molecular formula is C19H24N4O4S2. The maximum absolute atomic E-state index is 12.3. The van der Waals surface area contributed by atoms with Crippen molar-refractivity contribution in [3.8, 4) is 0 Å². The Labute approximate surface area is 177 Å². The molecule has 1 heterocycles. The summed E-state index contributed by atoms with van der Waals surface area (Å²) >= 11 is 2.38. The van der Waals surface area contributed by atoms with Crippen molar-refractivity contribution in [3.05, 3.63) is 39.9 Å². The van der Waals surface area contributed by atoms with Gasteiger partial charge in [-0.05, 0) is 17.8 Å². The highest BCUT2D eigenvalue weighted by atomic mass is 32.2. The van der Waals surface area contributed by atoms with Crippen molar-refractivity contribution in [2.75, 3.05) is 11.1 Å². The van der Waals surface area contributed by atoms with Crippen molar-refractivity contribution < 1.29 is 14.5 Å². The van der Waals surface area contributed by atoms with Gasteiger partial charge in [0.2, 0.25) is 11.0 Å². The number of benzene rings is 1. The summed E-state index contributed by atoms with van der Waals surface area (Å²) < 4.78 is 0.543. The fourth-order valence-corrected chi connectivity index (χ4v) is 4.59. The molecule has 1 N–H and O–H groups in total. The van der Waals surface area contributed by atoms with Crippen LogP contribution in [-0.2, 0) is 4.79 Å². The average Bonchev–Trinajstić information content (AvgIpc) is 3.05. The summed E-state index contributed by atoms with van der Waals surface area (Å²) in [6.07, 6.45) is 1.35. The third-order valence-electron chi connectivity index (χ3n) is 3.85. The van der Waals surface area contributed by atoms with Crippen molar-refractivity contribution in [1.29, 1.82) is 0 Å². The number of carbonyl (C=O) groups excluding carboxylic acids is 2. The molecule has 1 aromatic carbocycles. The second-order valence-corrected chi connectivity index (χ2v) is 10.2. The summed E-state index contributed by atoms with van der Waals surface area (Å²) in [5.74, 6) is -0.0197. The number of hydrogen-bond donors (Lipinski definition) is 1. The van der Waals surface area contributed by atoms with Crippen LogP contribution in [0.3, 0.4) is 0 Å². The zero-order chi connectivity index (χ0) is 21.6. The Balaban J connectivity index is 1.85. The maximum atomic E-state index is 12.3. The van der Waals surface area contributed by atoms with Crippen molar-refractivity contribution >= 4 is 45.6 Å². The van der Waals surface area contributed by atoms with Crippen LogP contribution in [-0.4, -0.2) is 32.6 Å². The lowest BCUT2D eigenvalue weighted by Gasteiger charge is -2.22. The molecular weight excluding hydrogens is 412 g/mol. The van der Waals surface area contributed by atoms with Gasteiger partial charge >= 0.3 is 0 Å². The van der Waals surface area contributed by atoms with Crippen LogP contribution in [0.4, 0.5) is 10.8 Å². The monoisotopic (exact) mass is 436 g/mol. The summed E-state index contributed by atoms with van der Waals surface area (Å²) in [5, 5.41) is 21.9. The highest BCUT2D eigenvalue weighted by Gasteiger charge is 2.19. The van der Waals surface area contributed by atoms with E-state index in [1.165, 1.54) is 41.3 Å². The molecule has 0 bridgehead atoms. The van der Waals surface area contributed by atoms with Crippen LogP contribution in [0.1, 0.15) is 50.9 Å². The van der Waals surface area contributed by atoms with E-state index in [0.29, 0.717) is 15.9 Å². The standard InChI is InChI=1S/C19H24N4O4S2/c1-12(10-19(2,3)4)8-16(25)20-17-21-22-18(29-17)28-11-15(24)13-6-5-7-14(9-13)23(26)27/h5-7,9,12H,8,10-11H2,1-4H3,(H,20,21,25)/t12-/m0/s1. The summed E-state index contributed by atoms with van der Waals surface area (Å²) in [5.41, 5.74) is 0.317. The summed E-state index contributed by atoms with van der Waals surface area (Å²) in [4.78, 5) is 34.7. The summed E-state index contributed by atoms with van der Waals surface area (Å²) in [7, 11) is 0. The number of thioether (sulfide) groups is 1. The normalized spacial score (nSPS) is 12.4. The number of non-ortho nitro benzene ring substituents is 1. The number of rotatable bonds is 9. The van der Waals surface area contributed by atoms with Crippen LogP contribution in [0, 0.1) is 21.4 Å². The molecule has 0 radical (unpaired) electrons. The van der Waals surface area contributed by atoms with E-state index < -0.39 is 4.92 Å². The number of Topliss-reactive ketones (excluding diaryl/α,β-unsaturated/α-hetero) is 1. The van der Waals surface area contributed by atoms with Crippen LogP contribution < -0.4 is 5.32 Å². The fraction of sp³-hybridized carbons (Fsp3) is 0.474. The topological polar surface area (TPSA) is 115 Å². The van der Waals surface area contributed by atoms with Crippen LogP contribution in [0.5, 0.6) is 0 Å². The van der Waals surface area contributed by atoms with Crippen molar-refractivity contribution in [2.24, 2.45) is 11.3 Å². The number of anilines is 1. The molecule has 0 aliphatic heterocycles. The minimum absolute atomic E-state index is 0.0758. The molecule has 0 aliphatic carbocycles. The molecule has 2 rings (SSSR count). The number of nitro benzene ring substituents is 1. The number of aromatic nitrogens is 2.